The molecule has 1 unspecified atom stereocenters. The third kappa shape index (κ3) is 3.39. The van der Waals surface area contributed by atoms with Gasteiger partial charge in [0.15, 0.2) is 0 Å². The summed E-state index contributed by atoms with van der Waals surface area (Å²) in [7, 11) is 0. The molecule has 2 saturated heterocycles. The number of anilines is 1. The van der Waals surface area contributed by atoms with Crippen molar-refractivity contribution in [2.75, 3.05) is 31.1 Å². The summed E-state index contributed by atoms with van der Waals surface area (Å²) in [6.45, 7) is 7.92. The van der Waals surface area contributed by atoms with Crippen LogP contribution in [-0.4, -0.2) is 47.0 Å². The Labute approximate surface area is 132 Å². The summed E-state index contributed by atoms with van der Waals surface area (Å²) < 4.78 is 0. The Bertz CT molecular complexity index is 539. The number of likely N-dealkylation sites (tertiary alicyclic amines) is 1. The highest BCUT2D eigenvalue weighted by Crippen LogP contribution is 2.22. The topological polar surface area (TPSA) is 49.3 Å². The molecule has 1 amide bonds. The molecule has 1 aromatic rings. The third-order valence-corrected chi connectivity index (χ3v) is 4.67. The molecule has 0 saturated carbocycles. The number of amides is 1. The molecule has 5 nitrogen and oxygen atoms in total. The first-order valence-corrected chi connectivity index (χ1v) is 8.53. The van der Waals surface area contributed by atoms with Gasteiger partial charge < -0.3 is 9.80 Å². The molecule has 5 heteroatoms. The van der Waals surface area contributed by atoms with E-state index in [-0.39, 0.29) is 5.91 Å². The summed E-state index contributed by atoms with van der Waals surface area (Å²) in [5, 5.41) is 0. The van der Waals surface area contributed by atoms with Crippen LogP contribution in [0.25, 0.3) is 0 Å². The molecule has 2 aliphatic heterocycles. The molecule has 2 fully saturated rings. The molecule has 0 N–H and O–H groups in total. The fourth-order valence-electron chi connectivity index (χ4n) is 3.48. The third-order valence-electron chi connectivity index (χ3n) is 4.67. The van der Waals surface area contributed by atoms with Crippen molar-refractivity contribution < 1.29 is 4.79 Å². The first kappa shape index (κ1) is 15.3. The molecule has 0 bridgehead atoms. The van der Waals surface area contributed by atoms with Gasteiger partial charge in [0.25, 0.3) is 5.91 Å². The Hall–Kier alpha value is -1.65. The maximum atomic E-state index is 12.7. The van der Waals surface area contributed by atoms with Gasteiger partial charge in [-0.05, 0) is 44.9 Å². The summed E-state index contributed by atoms with van der Waals surface area (Å²) in [6, 6.07) is 1.89. The second-order valence-corrected chi connectivity index (χ2v) is 6.70. The Morgan fingerprint density at radius 3 is 2.64 bits per heavy atom. The Morgan fingerprint density at radius 2 is 1.91 bits per heavy atom. The lowest BCUT2D eigenvalue weighted by Gasteiger charge is -2.32. The molecule has 22 heavy (non-hydrogen) atoms. The second-order valence-electron chi connectivity index (χ2n) is 6.70. The van der Waals surface area contributed by atoms with E-state index in [1.807, 2.05) is 17.9 Å². The zero-order chi connectivity index (χ0) is 15.5. The second kappa shape index (κ2) is 6.63. The molecule has 3 rings (SSSR count). The smallest absolute Gasteiger partial charge is 0.272 e. The minimum atomic E-state index is 0.0662. The van der Waals surface area contributed by atoms with Crippen LogP contribution < -0.4 is 4.90 Å². The Morgan fingerprint density at radius 1 is 1.14 bits per heavy atom. The van der Waals surface area contributed by atoms with E-state index in [1.54, 1.807) is 0 Å². The van der Waals surface area contributed by atoms with Crippen molar-refractivity contribution in [1.82, 2.24) is 14.9 Å². The number of piperidine rings is 2. The largest absolute Gasteiger partial charge is 0.356 e. The molecule has 0 aromatic carbocycles. The first-order valence-electron chi connectivity index (χ1n) is 8.53. The fraction of sp³-hybridized carbons (Fsp3) is 0.706. The standard InChI is InChI=1S/C17H26N4O/c1-13-7-6-10-21(12-13)16-11-15(18-14(2)19-16)17(22)20-8-4-3-5-9-20/h11,13H,3-10,12H2,1-2H3. The van der Waals surface area contributed by atoms with Crippen LogP contribution in [0.2, 0.25) is 0 Å². The minimum absolute atomic E-state index is 0.0662. The maximum absolute atomic E-state index is 12.7. The highest BCUT2D eigenvalue weighted by Gasteiger charge is 2.23. The number of carbonyl (C=O) groups is 1. The molecular weight excluding hydrogens is 276 g/mol. The number of hydrogen-bond acceptors (Lipinski definition) is 4. The lowest BCUT2D eigenvalue weighted by atomic mass is 10.0. The van der Waals surface area contributed by atoms with Crippen LogP contribution in [0, 0.1) is 12.8 Å². The quantitative estimate of drug-likeness (QED) is 0.842. The lowest BCUT2D eigenvalue weighted by Crippen LogP contribution is -2.37. The molecule has 0 spiro atoms. The summed E-state index contributed by atoms with van der Waals surface area (Å²) in [5.74, 6) is 2.36. The number of nitrogens with zero attached hydrogens (tertiary/aromatic N) is 4. The minimum Gasteiger partial charge on any atom is -0.356 e. The number of carbonyl (C=O) groups excluding carboxylic acids is 1. The van der Waals surface area contributed by atoms with Gasteiger partial charge in [-0.2, -0.15) is 0 Å². The van der Waals surface area contributed by atoms with Gasteiger partial charge in [-0.3, -0.25) is 4.79 Å². The van der Waals surface area contributed by atoms with Crippen LogP contribution >= 0.6 is 0 Å². The van der Waals surface area contributed by atoms with E-state index in [0.29, 0.717) is 17.4 Å². The van der Waals surface area contributed by atoms with Crippen LogP contribution in [0.4, 0.5) is 5.82 Å². The van der Waals surface area contributed by atoms with E-state index in [0.717, 1.165) is 44.8 Å². The predicted molar refractivity (Wildman–Crippen MR) is 87.1 cm³/mol. The molecule has 3 heterocycles. The van der Waals surface area contributed by atoms with Gasteiger partial charge in [-0.25, -0.2) is 9.97 Å². The molecule has 0 radical (unpaired) electrons. The van der Waals surface area contributed by atoms with Crippen molar-refractivity contribution in [2.24, 2.45) is 5.92 Å². The van der Waals surface area contributed by atoms with Gasteiger partial charge in [0, 0.05) is 32.2 Å². The maximum Gasteiger partial charge on any atom is 0.272 e. The van der Waals surface area contributed by atoms with Gasteiger partial charge in [0.1, 0.15) is 17.3 Å². The van der Waals surface area contributed by atoms with Crippen molar-refractivity contribution in [3.8, 4) is 0 Å². The Kier molecular flexibility index (Phi) is 4.60. The summed E-state index contributed by atoms with van der Waals surface area (Å²) in [5.41, 5.74) is 0.558. The molecule has 2 aliphatic rings. The highest BCUT2D eigenvalue weighted by molar-refractivity contribution is 5.93. The molecule has 1 atom stereocenters. The van der Waals surface area contributed by atoms with Crippen LogP contribution in [0.15, 0.2) is 6.07 Å². The fourth-order valence-corrected chi connectivity index (χ4v) is 3.48. The zero-order valence-electron chi connectivity index (χ0n) is 13.7. The van der Waals surface area contributed by atoms with Gasteiger partial charge in [0.05, 0.1) is 0 Å². The van der Waals surface area contributed by atoms with E-state index in [2.05, 4.69) is 21.8 Å². The van der Waals surface area contributed by atoms with Gasteiger partial charge in [0.2, 0.25) is 0 Å². The van der Waals surface area contributed by atoms with Crippen molar-refractivity contribution in [2.45, 2.75) is 46.0 Å². The van der Waals surface area contributed by atoms with Crippen LogP contribution in [0.1, 0.15) is 55.3 Å². The van der Waals surface area contributed by atoms with Crippen LogP contribution in [0.3, 0.4) is 0 Å². The average Bonchev–Trinajstić information content (AvgIpc) is 2.54. The van der Waals surface area contributed by atoms with Crippen molar-refractivity contribution >= 4 is 11.7 Å². The van der Waals surface area contributed by atoms with Crippen molar-refractivity contribution in [3.63, 3.8) is 0 Å². The highest BCUT2D eigenvalue weighted by atomic mass is 16.2. The number of aryl methyl sites for hydroxylation is 1. The number of rotatable bonds is 2. The summed E-state index contributed by atoms with van der Waals surface area (Å²) in [4.78, 5) is 25.9. The molecule has 0 aliphatic carbocycles. The summed E-state index contributed by atoms with van der Waals surface area (Å²) in [6.07, 6.45) is 5.90. The van der Waals surface area contributed by atoms with E-state index in [1.165, 1.54) is 19.3 Å². The Balaban J connectivity index is 1.81. The monoisotopic (exact) mass is 302 g/mol. The van der Waals surface area contributed by atoms with E-state index < -0.39 is 0 Å². The van der Waals surface area contributed by atoms with E-state index >= 15 is 0 Å². The SMILES string of the molecule is Cc1nc(C(=O)N2CCCCC2)cc(N2CCCC(C)C2)n1. The number of aromatic nitrogens is 2. The van der Waals surface area contributed by atoms with Gasteiger partial charge in [-0.1, -0.05) is 6.92 Å². The molecular formula is C17H26N4O. The predicted octanol–water partition coefficient (Wildman–Crippen LogP) is 2.65. The van der Waals surface area contributed by atoms with Crippen molar-refractivity contribution in [1.29, 1.82) is 0 Å². The first-order chi connectivity index (χ1) is 10.6. The van der Waals surface area contributed by atoms with Crippen molar-refractivity contribution in [3.05, 3.63) is 17.6 Å². The van der Waals surface area contributed by atoms with E-state index in [4.69, 9.17) is 0 Å². The van der Waals surface area contributed by atoms with E-state index in [9.17, 15) is 4.79 Å². The summed E-state index contributed by atoms with van der Waals surface area (Å²) >= 11 is 0. The number of hydrogen-bond donors (Lipinski definition) is 0. The van der Waals surface area contributed by atoms with Gasteiger partial charge in [-0.15, -0.1) is 0 Å². The van der Waals surface area contributed by atoms with Crippen LogP contribution in [-0.2, 0) is 0 Å². The average molecular weight is 302 g/mol. The normalized spacial score (nSPS) is 22.7. The lowest BCUT2D eigenvalue weighted by molar-refractivity contribution is 0.0718. The van der Waals surface area contributed by atoms with Crippen LogP contribution in [0.5, 0.6) is 0 Å². The van der Waals surface area contributed by atoms with Gasteiger partial charge >= 0.3 is 0 Å². The zero-order valence-corrected chi connectivity index (χ0v) is 13.7. The molecule has 1 aromatic heterocycles. The molecule has 120 valence electrons.